The number of aromatic nitrogens is 3. The number of nitrogens with zero attached hydrogens (tertiary/aromatic N) is 2. The highest BCUT2D eigenvalue weighted by Gasteiger charge is 2.23. The number of furan rings is 1. The van der Waals surface area contributed by atoms with Crippen molar-refractivity contribution in [3.05, 3.63) is 106 Å². The van der Waals surface area contributed by atoms with Gasteiger partial charge in [-0.1, -0.05) is 30.3 Å². The molecule has 154 valence electrons. The van der Waals surface area contributed by atoms with Gasteiger partial charge in [-0.2, -0.15) is 0 Å². The minimum atomic E-state index is -1.56. The maximum atomic E-state index is 14.0. The van der Waals surface area contributed by atoms with Gasteiger partial charge in [-0.15, -0.1) is 0 Å². The molecule has 31 heavy (non-hydrogen) atoms. The van der Waals surface area contributed by atoms with Crippen molar-refractivity contribution >= 4 is 0 Å². The summed E-state index contributed by atoms with van der Waals surface area (Å²) in [4.78, 5) is 20.5. The second kappa shape index (κ2) is 7.32. The number of rotatable bonds is 4. The molecule has 0 atom stereocenters. The predicted octanol–water partition coefficient (Wildman–Crippen LogP) is 4.93. The summed E-state index contributed by atoms with van der Waals surface area (Å²) in [7, 11) is 0. The number of nitrogens with one attached hydrogen (secondary N) is 1. The number of halogens is 3. The highest BCUT2D eigenvalue weighted by atomic mass is 19.2. The quantitative estimate of drug-likeness (QED) is 0.419. The molecule has 0 radical (unpaired) electrons. The van der Waals surface area contributed by atoms with Crippen LogP contribution in [0.3, 0.4) is 0 Å². The van der Waals surface area contributed by atoms with Crippen LogP contribution in [0.4, 0.5) is 13.2 Å². The molecule has 0 saturated heterocycles. The Morgan fingerprint density at radius 3 is 2.39 bits per heavy atom. The lowest BCUT2D eigenvalue weighted by Crippen LogP contribution is -2.17. The maximum Gasteiger partial charge on any atom is 0.278 e. The monoisotopic (exact) mass is 421 g/mol. The average molecular weight is 421 g/mol. The van der Waals surface area contributed by atoms with E-state index < -0.39 is 17.5 Å². The van der Waals surface area contributed by atoms with E-state index in [1.807, 2.05) is 30.3 Å². The van der Waals surface area contributed by atoms with Gasteiger partial charge in [-0.3, -0.25) is 9.36 Å². The van der Waals surface area contributed by atoms with E-state index in [9.17, 15) is 18.0 Å². The van der Waals surface area contributed by atoms with E-state index in [2.05, 4.69) is 9.97 Å². The van der Waals surface area contributed by atoms with E-state index in [0.29, 0.717) is 11.5 Å². The Morgan fingerprint density at radius 1 is 0.968 bits per heavy atom. The van der Waals surface area contributed by atoms with Gasteiger partial charge in [-0.05, 0) is 29.8 Å². The van der Waals surface area contributed by atoms with Gasteiger partial charge in [0.25, 0.3) is 5.56 Å². The summed E-state index contributed by atoms with van der Waals surface area (Å²) < 4.78 is 48.0. The van der Waals surface area contributed by atoms with Gasteiger partial charge in [0.15, 0.2) is 23.3 Å². The van der Waals surface area contributed by atoms with Crippen molar-refractivity contribution in [3.8, 4) is 28.3 Å². The molecule has 1 N–H and O–H groups in total. The molecule has 3 heterocycles. The van der Waals surface area contributed by atoms with Crippen LogP contribution in [-0.4, -0.2) is 14.5 Å². The summed E-state index contributed by atoms with van der Waals surface area (Å²) in [6.07, 6.45) is 3.22. The molecule has 3 aromatic rings. The zero-order valence-corrected chi connectivity index (χ0v) is 15.9. The summed E-state index contributed by atoms with van der Waals surface area (Å²) in [5.41, 5.74) is 1.29. The lowest BCUT2D eigenvalue weighted by molar-refractivity contribution is 0.447. The largest absolute Gasteiger partial charge is 0.469 e. The molecule has 5 rings (SSSR count). The first kappa shape index (κ1) is 18.9. The van der Waals surface area contributed by atoms with Crippen molar-refractivity contribution in [2.45, 2.75) is 6.42 Å². The van der Waals surface area contributed by atoms with E-state index in [-0.39, 0.29) is 34.7 Å². The number of fused-ring (bicyclic) bond motifs is 1. The van der Waals surface area contributed by atoms with E-state index in [0.717, 1.165) is 17.7 Å². The second-order valence-corrected chi connectivity index (χ2v) is 6.98. The van der Waals surface area contributed by atoms with Crippen molar-refractivity contribution in [2.75, 3.05) is 0 Å². The van der Waals surface area contributed by atoms with Crippen LogP contribution in [0.25, 0.3) is 28.3 Å². The second-order valence-electron chi connectivity index (χ2n) is 6.98. The normalized spacial score (nSPS) is 11.3. The van der Waals surface area contributed by atoms with E-state index in [4.69, 9.17) is 4.42 Å². The summed E-state index contributed by atoms with van der Waals surface area (Å²) in [6, 6.07) is 14.3. The van der Waals surface area contributed by atoms with Gasteiger partial charge in [0, 0.05) is 11.8 Å². The van der Waals surface area contributed by atoms with Crippen LogP contribution < -0.4 is 5.56 Å². The molecule has 0 unspecified atom stereocenters. The van der Waals surface area contributed by atoms with Crippen LogP contribution in [-0.2, 0) is 6.42 Å². The standard InChI is InChI=1S/C23H14F3N3O2/c24-16-9-14(10-17(25)20(16)26)21-22-28-18(11-15-7-4-8-31-15)23(30)29(22)12-19(27-21)13-5-2-1-3-6-13/h1-10,12,27H,11H2. The highest BCUT2D eigenvalue weighted by molar-refractivity contribution is 5.72. The number of hydrogen-bond acceptors (Lipinski definition) is 3. The van der Waals surface area contributed by atoms with Crippen LogP contribution >= 0.6 is 0 Å². The number of benzene rings is 2. The van der Waals surface area contributed by atoms with Crippen LogP contribution in [0.5, 0.6) is 0 Å². The third kappa shape index (κ3) is 3.31. The van der Waals surface area contributed by atoms with Crippen LogP contribution in [0.15, 0.2) is 76.3 Å². The molecular weight excluding hydrogens is 407 g/mol. The molecule has 0 amide bonds. The molecule has 2 aromatic carbocycles. The zero-order chi connectivity index (χ0) is 21.5. The Morgan fingerprint density at radius 2 is 1.71 bits per heavy atom. The minimum Gasteiger partial charge on any atom is -0.469 e. The van der Waals surface area contributed by atoms with Crippen LogP contribution in [0.1, 0.15) is 11.5 Å². The Kier molecular flexibility index (Phi) is 4.47. The first-order valence-corrected chi connectivity index (χ1v) is 9.38. The van der Waals surface area contributed by atoms with Gasteiger partial charge >= 0.3 is 0 Å². The number of imidazole rings is 1. The van der Waals surface area contributed by atoms with Crippen LogP contribution in [0, 0.1) is 17.5 Å². The van der Waals surface area contributed by atoms with Crippen molar-refractivity contribution < 1.29 is 17.6 Å². The van der Waals surface area contributed by atoms with E-state index in [1.165, 1.54) is 10.8 Å². The van der Waals surface area contributed by atoms with Gasteiger partial charge in [0.1, 0.15) is 11.5 Å². The van der Waals surface area contributed by atoms with Crippen LogP contribution in [0.2, 0.25) is 0 Å². The molecule has 1 aromatic heterocycles. The fraction of sp³-hybridized carbons (Fsp3) is 0.0435. The summed E-state index contributed by atoms with van der Waals surface area (Å²) >= 11 is 0. The molecule has 0 spiro atoms. The third-order valence-electron chi connectivity index (χ3n) is 4.96. The summed E-state index contributed by atoms with van der Waals surface area (Å²) in [5, 5.41) is 0. The van der Waals surface area contributed by atoms with Gasteiger partial charge in [-0.25, -0.2) is 18.2 Å². The summed E-state index contributed by atoms with van der Waals surface area (Å²) in [6.45, 7) is 0. The first-order chi connectivity index (χ1) is 15.0. The number of hydrogen-bond donors (Lipinski definition) is 1. The van der Waals surface area contributed by atoms with Crippen molar-refractivity contribution in [1.29, 1.82) is 0 Å². The first-order valence-electron chi connectivity index (χ1n) is 9.38. The molecular formula is C23H14F3N3O2. The maximum absolute atomic E-state index is 14.0. The summed E-state index contributed by atoms with van der Waals surface area (Å²) in [5.74, 6) is -3.53. The molecule has 0 fully saturated rings. The molecule has 0 saturated carbocycles. The average Bonchev–Trinajstić information content (AvgIpc) is 3.40. The Balaban J connectivity index is 1.77. The van der Waals surface area contributed by atoms with Crippen molar-refractivity contribution in [3.63, 3.8) is 0 Å². The van der Waals surface area contributed by atoms with E-state index in [1.54, 1.807) is 18.3 Å². The minimum absolute atomic E-state index is 0.0220. The highest BCUT2D eigenvalue weighted by Crippen LogP contribution is 2.30. The fourth-order valence-electron chi connectivity index (χ4n) is 3.47. The molecule has 5 nitrogen and oxygen atoms in total. The molecule has 0 aliphatic carbocycles. The van der Waals surface area contributed by atoms with Gasteiger partial charge in [0.2, 0.25) is 0 Å². The molecule has 2 aliphatic heterocycles. The Bertz CT molecular complexity index is 1380. The Hall–Kier alpha value is -4.07. The lowest BCUT2D eigenvalue weighted by atomic mass is 10.1. The SMILES string of the molecule is O=c1c(Cc2ccco2)nc2c(-c3cc(F)c(F)c(F)c3)[nH]c(-c3ccccc3)cn1-2. The predicted molar refractivity (Wildman–Crippen MR) is 108 cm³/mol. The van der Waals surface area contributed by atoms with Crippen molar-refractivity contribution in [2.24, 2.45) is 0 Å². The smallest absolute Gasteiger partial charge is 0.278 e. The number of H-pyrrole nitrogens is 1. The molecule has 2 aliphatic rings. The Labute approximate surface area is 173 Å². The van der Waals surface area contributed by atoms with E-state index >= 15 is 0 Å². The molecule has 8 heteroatoms. The lowest BCUT2D eigenvalue weighted by Gasteiger charge is -2.13. The molecule has 0 bridgehead atoms. The third-order valence-corrected chi connectivity index (χ3v) is 4.96. The van der Waals surface area contributed by atoms with Gasteiger partial charge in [0.05, 0.1) is 24.1 Å². The van der Waals surface area contributed by atoms with Crippen molar-refractivity contribution in [1.82, 2.24) is 14.5 Å². The zero-order valence-electron chi connectivity index (χ0n) is 15.9. The topological polar surface area (TPSA) is 63.8 Å². The number of aromatic amines is 1. The van der Waals surface area contributed by atoms with Gasteiger partial charge < -0.3 is 9.40 Å². The fourth-order valence-corrected chi connectivity index (χ4v) is 3.47.